The van der Waals surface area contributed by atoms with E-state index in [1.54, 1.807) is 0 Å². The SMILES string of the molecule is CC(=O)SCCNS(C)(=O)=O.CCC.CN. The van der Waals surface area contributed by atoms with Gasteiger partial charge in [0.05, 0.1) is 6.26 Å². The lowest BCUT2D eigenvalue weighted by Crippen LogP contribution is -2.24. The van der Waals surface area contributed by atoms with Crippen molar-refractivity contribution in [1.82, 2.24) is 4.72 Å². The molecular formula is C9H24N2O3S2. The van der Waals surface area contributed by atoms with Gasteiger partial charge in [-0.25, -0.2) is 13.1 Å². The Hall–Kier alpha value is -0.110. The molecule has 0 saturated carbocycles. The number of hydrogen-bond acceptors (Lipinski definition) is 5. The number of nitrogens with two attached hydrogens (primary N) is 1. The molecule has 0 rings (SSSR count). The Balaban J connectivity index is -0.000000289. The van der Waals surface area contributed by atoms with Crippen LogP contribution in [0.15, 0.2) is 0 Å². The van der Waals surface area contributed by atoms with E-state index in [9.17, 15) is 13.2 Å². The van der Waals surface area contributed by atoms with Crippen molar-refractivity contribution in [2.45, 2.75) is 27.2 Å². The molecule has 0 aliphatic carbocycles. The Kier molecular flexibility index (Phi) is 19.7. The zero-order chi connectivity index (χ0) is 13.6. The number of carbonyl (C=O) groups excluding carboxylic acids is 1. The molecule has 0 aromatic carbocycles. The highest BCUT2D eigenvalue weighted by atomic mass is 32.2. The number of sulfonamides is 1. The quantitative estimate of drug-likeness (QED) is 0.739. The van der Waals surface area contributed by atoms with Gasteiger partial charge >= 0.3 is 0 Å². The van der Waals surface area contributed by atoms with Gasteiger partial charge in [0.2, 0.25) is 10.0 Å². The van der Waals surface area contributed by atoms with E-state index in [4.69, 9.17) is 0 Å². The first-order valence-corrected chi connectivity index (χ1v) is 7.86. The number of rotatable bonds is 4. The summed E-state index contributed by atoms with van der Waals surface area (Å²) in [5.74, 6) is 0.488. The Bertz CT molecular complexity index is 241. The summed E-state index contributed by atoms with van der Waals surface area (Å²) in [6.07, 6.45) is 2.34. The number of nitrogens with one attached hydrogen (secondary N) is 1. The van der Waals surface area contributed by atoms with Crippen LogP contribution in [0.2, 0.25) is 0 Å². The lowest BCUT2D eigenvalue weighted by molar-refractivity contribution is -0.109. The monoisotopic (exact) mass is 272 g/mol. The number of thioether (sulfide) groups is 1. The molecule has 0 saturated heterocycles. The highest BCUT2D eigenvalue weighted by molar-refractivity contribution is 8.13. The molecule has 5 nitrogen and oxygen atoms in total. The summed E-state index contributed by atoms with van der Waals surface area (Å²) in [4.78, 5) is 10.4. The molecule has 3 N–H and O–H groups in total. The summed E-state index contributed by atoms with van der Waals surface area (Å²) < 4.78 is 23.2. The second kappa shape index (κ2) is 14.9. The predicted octanol–water partition coefficient (Wildman–Crippen LogP) is 0.807. The van der Waals surface area contributed by atoms with Gasteiger partial charge in [-0.05, 0) is 7.05 Å². The first-order chi connectivity index (χ1) is 7.33. The van der Waals surface area contributed by atoms with Crippen LogP contribution in [0.1, 0.15) is 27.2 Å². The Morgan fingerprint density at radius 2 is 1.69 bits per heavy atom. The molecule has 0 amide bonds. The summed E-state index contributed by atoms with van der Waals surface area (Å²) in [7, 11) is -1.60. The Morgan fingerprint density at radius 1 is 1.31 bits per heavy atom. The van der Waals surface area contributed by atoms with E-state index in [2.05, 4.69) is 24.3 Å². The highest BCUT2D eigenvalue weighted by Gasteiger charge is 1.99. The molecular weight excluding hydrogens is 248 g/mol. The van der Waals surface area contributed by atoms with Crippen molar-refractivity contribution in [3.8, 4) is 0 Å². The fourth-order valence-corrected chi connectivity index (χ4v) is 1.52. The van der Waals surface area contributed by atoms with Crippen molar-refractivity contribution < 1.29 is 13.2 Å². The topological polar surface area (TPSA) is 89.3 Å². The van der Waals surface area contributed by atoms with Crippen LogP contribution in [0.4, 0.5) is 0 Å². The summed E-state index contributed by atoms with van der Waals surface area (Å²) in [5, 5.41) is 0.000279. The van der Waals surface area contributed by atoms with Crippen LogP contribution in [0.3, 0.4) is 0 Å². The zero-order valence-corrected chi connectivity index (χ0v) is 12.4. The van der Waals surface area contributed by atoms with Crippen molar-refractivity contribution in [2.75, 3.05) is 25.6 Å². The van der Waals surface area contributed by atoms with Crippen molar-refractivity contribution in [3.63, 3.8) is 0 Å². The molecule has 0 spiro atoms. The molecule has 0 bridgehead atoms. The number of hydrogen-bond donors (Lipinski definition) is 2. The van der Waals surface area contributed by atoms with Crippen molar-refractivity contribution in [2.24, 2.45) is 5.73 Å². The van der Waals surface area contributed by atoms with Crippen molar-refractivity contribution in [3.05, 3.63) is 0 Å². The fraction of sp³-hybridized carbons (Fsp3) is 0.889. The van der Waals surface area contributed by atoms with E-state index in [1.165, 1.54) is 20.4 Å². The van der Waals surface area contributed by atoms with Gasteiger partial charge in [-0.2, -0.15) is 0 Å². The minimum Gasteiger partial charge on any atom is -0.333 e. The second-order valence-electron chi connectivity index (χ2n) is 2.71. The van der Waals surface area contributed by atoms with Crippen LogP contribution in [0, 0.1) is 0 Å². The number of carbonyl (C=O) groups is 1. The van der Waals surface area contributed by atoms with E-state index in [0.29, 0.717) is 12.3 Å². The van der Waals surface area contributed by atoms with Crippen molar-refractivity contribution >= 4 is 26.9 Å². The third-order valence-electron chi connectivity index (χ3n) is 0.772. The van der Waals surface area contributed by atoms with Crippen molar-refractivity contribution in [1.29, 1.82) is 0 Å². The van der Waals surface area contributed by atoms with E-state index >= 15 is 0 Å². The minimum absolute atomic E-state index is 0.000279. The van der Waals surface area contributed by atoms with Gasteiger partial charge in [0, 0.05) is 19.2 Å². The summed E-state index contributed by atoms with van der Waals surface area (Å²) in [5.41, 5.74) is 4.50. The normalized spacial score (nSPS) is 9.38. The Morgan fingerprint density at radius 3 is 1.94 bits per heavy atom. The maximum absolute atomic E-state index is 10.5. The molecule has 100 valence electrons. The van der Waals surface area contributed by atoms with Crippen LogP contribution >= 0.6 is 11.8 Å². The second-order valence-corrected chi connectivity index (χ2v) is 5.82. The fourth-order valence-electron chi connectivity index (χ4n) is 0.422. The van der Waals surface area contributed by atoms with E-state index in [-0.39, 0.29) is 5.12 Å². The molecule has 0 unspecified atom stereocenters. The van der Waals surface area contributed by atoms with Gasteiger partial charge in [-0.1, -0.05) is 32.0 Å². The first kappa shape index (κ1) is 21.2. The molecule has 0 atom stereocenters. The van der Waals surface area contributed by atoms with E-state index in [0.717, 1.165) is 18.0 Å². The lowest BCUT2D eigenvalue weighted by Gasteiger charge is -1.98. The largest absolute Gasteiger partial charge is 0.333 e. The van der Waals surface area contributed by atoms with Gasteiger partial charge in [0.1, 0.15) is 0 Å². The maximum Gasteiger partial charge on any atom is 0.208 e. The van der Waals surface area contributed by atoms with Gasteiger partial charge in [0.25, 0.3) is 0 Å². The van der Waals surface area contributed by atoms with Crippen LogP contribution in [-0.2, 0) is 14.8 Å². The molecule has 16 heavy (non-hydrogen) atoms. The Labute approximate surface area is 104 Å². The van der Waals surface area contributed by atoms with Crippen LogP contribution in [0.5, 0.6) is 0 Å². The van der Waals surface area contributed by atoms with Crippen LogP contribution < -0.4 is 10.5 Å². The molecule has 0 aromatic heterocycles. The average Bonchev–Trinajstić information content (AvgIpc) is 2.15. The highest BCUT2D eigenvalue weighted by Crippen LogP contribution is 1.98. The molecule has 0 aromatic rings. The van der Waals surface area contributed by atoms with Crippen LogP contribution in [0.25, 0.3) is 0 Å². The van der Waals surface area contributed by atoms with Gasteiger partial charge < -0.3 is 5.73 Å². The van der Waals surface area contributed by atoms with E-state index < -0.39 is 10.0 Å². The standard InChI is InChI=1S/C5H11NO3S2.C3H8.CH5N/c1-5(7)10-4-3-6-11(2,8)9;1-3-2;1-2/h6H,3-4H2,1-2H3;3H2,1-2H3;2H2,1H3. The maximum atomic E-state index is 10.5. The molecule has 0 fully saturated rings. The van der Waals surface area contributed by atoms with Gasteiger partial charge in [-0.15, -0.1) is 0 Å². The molecule has 7 heteroatoms. The zero-order valence-electron chi connectivity index (χ0n) is 10.7. The molecule has 0 aliphatic heterocycles. The molecule has 0 aliphatic rings. The first-order valence-electron chi connectivity index (χ1n) is 4.99. The third kappa shape index (κ3) is 37.1. The average molecular weight is 272 g/mol. The summed E-state index contributed by atoms with van der Waals surface area (Å²) >= 11 is 1.11. The van der Waals surface area contributed by atoms with Crippen LogP contribution in [-0.4, -0.2) is 39.1 Å². The summed E-state index contributed by atoms with van der Waals surface area (Å²) in [6, 6.07) is 0. The molecule has 0 radical (unpaired) electrons. The van der Waals surface area contributed by atoms with Gasteiger partial charge in [0.15, 0.2) is 5.12 Å². The third-order valence-corrected chi connectivity index (χ3v) is 2.31. The molecule has 0 heterocycles. The lowest BCUT2D eigenvalue weighted by atomic mass is 10.6. The van der Waals surface area contributed by atoms with E-state index in [1.807, 2.05) is 0 Å². The van der Waals surface area contributed by atoms with Gasteiger partial charge in [-0.3, -0.25) is 4.79 Å². The smallest absolute Gasteiger partial charge is 0.208 e. The summed E-state index contributed by atoms with van der Waals surface area (Å²) in [6.45, 7) is 6.01. The minimum atomic E-state index is -3.10. The predicted molar refractivity (Wildman–Crippen MR) is 72.1 cm³/mol.